The van der Waals surface area contributed by atoms with Gasteiger partial charge in [-0.2, -0.15) is 0 Å². The van der Waals surface area contributed by atoms with Gasteiger partial charge in [-0.1, -0.05) is 0 Å². The summed E-state index contributed by atoms with van der Waals surface area (Å²) in [5.74, 6) is 0. The second kappa shape index (κ2) is 3.65. The quantitative estimate of drug-likeness (QED) is 0.675. The van der Waals surface area contributed by atoms with Crippen molar-refractivity contribution < 1.29 is 0 Å². The van der Waals surface area contributed by atoms with E-state index in [0.717, 1.165) is 10.9 Å². The van der Waals surface area contributed by atoms with Crippen LogP contribution in [0.3, 0.4) is 0 Å². The van der Waals surface area contributed by atoms with Crippen molar-refractivity contribution in [3.63, 3.8) is 0 Å². The third-order valence-corrected chi connectivity index (χ3v) is 7.38. The Labute approximate surface area is 59.2 Å². The molecule has 0 heterocycles. The molecule has 0 fully saturated rings. The molecule has 0 aromatic carbocycles. The minimum absolute atomic E-state index is 0.847. The van der Waals surface area contributed by atoms with Crippen LogP contribution in [0, 0.1) is 0 Å². The zero-order chi connectivity index (χ0) is 5.91. The van der Waals surface area contributed by atoms with Gasteiger partial charge in [-0.25, -0.2) is 0 Å². The van der Waals surface area contributed by atoms with Crippen LogP contribution in [0.4, 0.5) is 0 Å². The van der Waals surface area contributed by atoms with Crippen molar-refractivity contribution in [3.05, 3.63) is 0 Å². The standard InChI is InChI=1S/C3H7.3ClH.Sn/c1-3-2;;;;/h1,3H2,2H3;3*1H;/q;;;;+3/p-3. The van der Waals surface area contributed by atoms with Crippen molar-refractivity contribution in [1.82, 2.24) is 0 Å². The van der Waals surface area contributed by atoms with E-state index in [-0.39, 0.29) is 0 Å². The molecule has 0 aromatic rings. The number of hydrogen-bond acceptors (Lipinski definition) is 0. The SMILES string of the molecule is CC[CH2][Sn]([Cl])([Cl])[Cl]. The average Bonchev–Trinajstić information content (AvgIpc) is 1.30. The summed E-state index contributed by atoms with van der Waals surface area (Å²) in [7, 11) is 16.7. The summed E-state index contributed by atoms with van der Waals surface area (Å²) < 4.78 is 0.847. The molecular formula is C3H7Cl3Sn. The second-order valence-corrected chi connectivity index (χ2v) is 23.2. The van der Waals surface area contributed by atoms with Gasteiger partial charge in [0.05, 0.1) is 0 Å². The topological polar surface area (TPSA) is 0 Å². The van der Waals surface area contributed by atoms with Crippen molar-refractivity contribution in [2.45, 2.75) is 17.8 Å². The van der Waals surface area contributed by atoms with Crippen LogP contribution < -0.4 is 0 Å². The molecule has 0 aromatic heterocycles. The van der Waals surface area contributed by atoms with Crippen LogP contribution in [0.2, 0.25) is 4.44 Å². The molecule has 0 nitrogen and oxygen atoms in total. The first kappa shape index (κ1) is 8.67. The first-order chi connectivity index (χ1) is 3.06. The molecule has 0 aliphatic heterocycles. The Bertz CT molecular complexity index is 48.6. The third kappa shape index (κ3) is 7.67. The van der Waals surface area contributed by atoms with Crippen LogP contribution in [0.5, 0.6) is 0 Å². The molecule has 7 heavy (non-hydrogen) atoms. The molecular weight excluding hydrogens is 261 g/mol. The van der Waals surface area contributed by atoms with Gasteiger partial charge in [0.25, 0.3) is 0 Å². The summed E-state index contributed by atoms with van der Waals surface area (Å²) in [5.41, 5.74) is 0. The van der Waals surface area contributed by atoms with Gasteiger partial charge in [0, 0.05) is 0 Å². The van der Waals surface area contributed by atoms with Crippen LogP contribution >= 0.6 is 26.8 Å². The molecule has 0 saturated carbocycles. The van der Waals surface area contributed by atoms with Crippen LogP contribution in [0.1, 0.15) is 13.3 Å². The molecule has 0 rings (SSSR count). The molecule has 0 aliphatic carbocycles. The molecule has 0 bridgehead atoms. The van der Waals surface area contributed by atoms with E-state index in [1.165, 1.54) is 0 Å². The maximum absolute atomic E-state index is 5.57. The average molecular weight is 268 g/mol. The van der Waals surface area contributed by atoms with Gasteiger partial charge in [-0.05, 0) is 0 Å². The summed E-state index contributed by atoms with van der Waals surface area (Å²) >= 11 is -2.86. The predicted octanol–water partition coefficient (Wildman–Crippen LogP) is 3.05. The maximum atomic E-state index is 5.57. The van der Waals surface area contributed by atoms with Crippen molar-refractivity contribution in [1.29, 1.82) is 0 Å². The normalized spacial score (nSPS) is 12.0. The van der Waals surface area contributed by atoms with Crippen LogP contribution in [-0.4, -0.2) is 15.0 Å². The molecule has 0 radical (unpaired) electrons. The Hall–Kier alpha value is 1.67. The van der Waals surface area contributed by atoms with Gasteiger partial charge in [-0.15, -0.1) is 0 Å². The Morgan fingerprint density at radius 1 is 1.29 bits per heavy atom. The minimum atomic E-state index is -2.86. The van der Waals surface area contributed by atoms with E-state index in [1.807, 2.05) is 6.92 Å². The molecule has 0 atom stereocenters. The van der Waals surface area contributed by atoms with Crippen molar-refractivity contribution in [2.24, 2.45) is 0 Å². The molecule has 0 aliphatic rings. The van der Waals surface area contributed by atoms with Gasteiger partial charge in [0.2, 0.25) is 0 Å². The fraction of sp³-hybridized carbons (Fsp3) is 1.00. The van der Waals surface area contributed by atoms with Gasteiger partial charge in [0.1, 0.15) is 0 Å². The van der Waals surface area contributed by atoms with E-state index in [2.05, 4.69) is 0 Å². The van der Waals surface area contributed by atoms with E-state index in [0.29, 0.717) is 0 Å². The Morgan fingerprint density at radius 2 is 1.71 bits per heavy atom. The summed E-state index contributed by atoms with van der Waals surface area (Å²) in [5, 5.41) is 0. The second-order valence-electron chi connectivity index (χ2n) is 1.37. The van der Waals surface area contributed by atoms with Crippen molar-refractivity contribution in [3.8, 4) is 0 Å². The van der Waals surface area contributed by atoms with Crippen molar-refractivity contribution >= 4 is 41.8 Å². The van der Waals surface area contributed by atoms with Crippen molar-refractivity contribution in [2.75, 3.05) is 0 Å². The fourth-order valence-electron chi connectivity index (χ4n) is 0.283. The van der Waals surface area contributed by atoms with E-state index in [4.69, 9.17) is 26.8 Å². The van der Waals surface area contributed by atoms with Crippen LogP contribution in [-0.2, 0) is 0 Å². The van der Waals surface area contributed by atoms with E-state index >= 15 is 0 Å². The van der Waals surface area contributed by atoms with Gasteiger partial charge in [0.15, 0.2) is 0 Å². The third-order valence-electron chi connectivity index (χ3n) is 0.533. The number of rotatable bonds is 2. The zero-order valence-corrected chi connectivity index (χ0v) is 9.17. The molecule has 0 saturated heterocycles. The first-order valence-electron chi connectivity index (χ1n) is 2.13. The monoisotopic (exact) mass is 268 g/mol. The summed E-state index contributed by atoms with van der Waals surface area (Å²) in [6, 6.07) is 0. The predicted molar refractivity (Wildman–Crippen MR) is 38.4 cm³/mol. The van der Waals surface area contributed by atoms with Gasteiger partial charge in [-0.3, -0.25) is 0 Å². The summed E-state index contributed by atoms with van der Waals surface area (Å²) in [4.78, 5) is 0. The Morgan fingerprint density at radius 3 is 1.71 bits per heavy atom. The molecule has 4 heteroatoms. The number of halogens is 3. The Balaban J connectivity index is 3.15. The van der Waals surface area contributed by atoms with E-state index in [1.54, 1.807) is 0 Å². The molecule has 0 N–H and O–H groups in total. The van der Waals surface area contributed by atoms with Crippen LogP contribution in [0.15, 0.2) is 0 Å². The molecule has 0 amide bonds. The fourth-order valence-corrected chi connectivity index (χ4v) is 5.70. The zero-order valence-electron chi connectivity index (χ0n) is 4.05. The van der Waals surface area contributed by atoms with E-state index < -0.39 is 15.0 Å². The van der Waals surface area contributed by atoms with E-state index in [9.17, 15) is 0 Å². The Kier molecular flexibility index (Phi) is 4.52. The first-order valence-corrected chi connectivity index (χ1v) is 15.0. The van der Waals surface area contributed by atoms with Crippen LogP contribution in [0.25, 0.3) is 0 Å². The molecule has 44 valence electrons. The van der Waals surface area contributed by atoms with Gasteiger partial charge >= 0.3 is 59.5 Å². The summed E-state index contributed by atoms with van der Waals surface area (Å²) in [6.07, 6.45) is 1.01. The summed E-state index contributed by atoms with van der Waals surface area (Å²) in [6.45, 7) is 2.03. The molecule has 0 unspecified atom stereocenters. The number of hydrogen-bond donors (Lipinski definition) is 0. The molecule has 0 spiro atoms. The van der Waals surface area contributed by atoms with Gasteiger partial charge < -0.3 is 0 Å².